The molecule has 2 aliphatic heterocycles. The molecule has 0 spiro atoms. The van der Waals surface area contributed by atoms with Crippen molar-refractivity contribution in [3.63, 3.8) is 0 Å². The van der Waals surface area contributed by atoms with Gasteiger partial charge >= 0.3 is 0 Å². The van der Waals surface area contributed by atoms with E-state index in [4.69, 9.17) is 0 Å². The van der Waals surface area contributed by atoms with Crippen LogP contribution in [-0.2, 0) is 0 Å². The molecule has 1 aromatic rings. The minimum absolute atomic E-state index is 0.277. The highest BCUT2D eigenvalue weighted by molar-refractivity contribution is 5.52. The average Bonchev–Trinajstić information content (AvgIpc) is 3.09. The molecule has 0 amide bonds. The fourth-order valence-electron chi connectivity index (χ4n) is 3.00. The summed E-state index contributed by atoms with van der Waals surface area (Å²) in [5, 5.41) is 9.24. The molecule has 0 saturated carbocycles. The molecule has 0 bridgehead atoms. The van der Waals surface area contributed by atoms with E-state index in [1.807, 2.05) is 6.92 Å². The zero-order valence-electron chi connectivity index (χ0n) is 11.5. The lowest BCUT2D eigenvalue weighted by molar-refractivity contribution is 0.238. The summed E-state index contributed by atoms with van der Waals surface area (Å²) in [7, 11) is 0. The molecular formula is C14H22N4O. The van der Waals surface area contributed by atoms with E-state index in [9.17, 15) is 5.11 Å². The van der Waals surface area contributed by atoms with Crippen LogP contribution >= 0.6 is 0 Å². The third kappa shape index (κ3) is 2.66. The molecule has 5 heteroatoms. The molecule has 0 aliphatic carbocycles. The Bertz CT molecular complexity index is 445. The largest absolute Gasteiger partial charge is 0.396 e. The van der Waals surface area contributed by atoms with Gasteiger partial charge in [0, 0.05) is 44.8 Å². The summed E-state index contributed by atoms with van der Waals surface area (Å²) in [5.41, 5.74) is 0. The van der Waals surface area contributed by atoms with E-state index in [1.165, 1.54) is 12.8 Å². The van der Waals surface area contributed by atoms with E-state index < -0.39 is 0 Å². The maximum Gasteiger partial charge on any atom is 0.134 e. The number of aromatic nitrogens is 2. The number of hydrogen-bond donors (Lipinski definition) is 1. The van der Waals surface area contributed by atoms with Crippen LogP contribution in [0, 0.1) is 12.8 Å². The minimum Gasteiger partial charge on any atom is -0.396 e. The number of hydrogen-bond acceptors (Lipinski definition) is 5. The fraction of sp³-hybridized carbons (Fsp3) is 0.714. The molecular weight excluding hydrogens is 240 g/mol. The van der Waals surface area contributed by atoms with Gasteiger partial charge in [0.15, 0.2) is 0 Å². The normalized spacial score (nSPS) is 23.4. The van der Waals surface area contributed by atoms with Crippen LogP contribution in [0.4, 0.5) is 11.6 Å². The molecule has 2 fully saturated rings. The summed E-state index contributed by atoms with van der Waals surface area (Å²) in [6, 6.07) is 2.11. The quantitative estimate of drug-likeness (QED) is 0.887. The molecule has 1 N–H and O–H groups in total. The van der Waals surface area contributed by atoms with Crippen molar-refractivity contribution in [3.05, 3.63) is 11.9 Å². The van der Waals surface area contributed by atoms with Gasteiger partial charge in [-0.2, -0.15) is 0 Å². The van der Waals surface area contributed by atoms with Crippen LogP contribution in [0.15, 0.2) is 6.07 Å². The summed E-state index contributed by atoms with van der Waals surface area (Å²) >= 11 is 0. The molecule has 5 nitrogen and oxygen atoms in total. The molecule has 1 atom stereocenters. The SMILES string of the molecule is Cc1nc(N2CCCC2)cc(N2CCC(CO)C2)n1. The standard InChI is InChI=1S/C14H22N4O/c1-11-15-13(17-5-2-3-6-17)8-14(16-11)18-7-4-12(9-18)10-19/h8,12,19H,2-7,9-10H2,1H3. The highest BCUT2D eigenvalue weighted by Gasteiger charge is 2.24. The monoisotopic (exact) mass is 262 g/mol. The second-order valence-corrected chi connectivity index (χ2v) is 5.61. The Balaban J connectivity index is 1.81. The first-order valence-corrected chi connectivity index (χ1v) is 7.22. The number of rotatable bonds is 3. The summed E-state index contributed by atoms with van der Waals surface area (Å²) in [6.07, 6.45) is 3.57. The molecule has 104 valence electrons. The van der Waals surface area contributed by atoms with Crippen molar-refractivity contribution in [1.82, 2.24) is 9.97 Å². The Hall–Kier alpha value is -1.36. The maximum absolute atomic E-state index is 9.24. The predicted molar refractivity (Wildman–Crippen MR) is 75.6 cm³/mol. The first-order valence-electron chi connectivity index (χ1n) is 7.22. The lowest BCUT2D eigenvalue weighted by Gasteiger charge is -2.22. The summed E-state index contributed by atoms with van der Waals surface area (Å²) in [4.78, 5) is 13.7. The van der Waals surface area contributed by atoms with Gasteiger partial charge in [-0.25, -0.2) is 9.97 Å². The van der Waals surface area contributed by atoms with Crippen LogP contribution in [0.1, 0.15) is 25.1 Å². The van der Waals surface area contributed by atoms with Crippen LogP contribution in [0.5, 0.6) is 0 Å². The molecule has 19 heavy (non-hydrogen) atoms. The van der Waals surface area contributed by atoms with Gasteiger partial charge in [-0.05, 0) is 26.2 Å². The van der Waals surface area contributed by atoms with E-state index in [0.717, 1.165) is 50.1 Å². The zero-order chi connectivity index (χ0) is 13.2. The minimum atomic E-state index is 0.277. The van der Waals surface area contributed by atoms with Crippen molar-refractivity contribution < 1.29 is 5.11 Å². The highest BCUT2D eigenvalue weighted by atomic mass is 16.3. The number of nitrogens with zero attached hydrogens (tertiary/aromatic N) is 4. The molecule has 0 radical (unpaired) electrons. The lowest BCUT2D eigenvalue weighted by atomic mass is 10.1. The smallest absolute Gasteiger partial charge is 0.134 e. The third-order valence-corrected chi connectivity index (χ3v) is 4.11. The second kappa shape index (κ2) is 5.33. The molecule has 3 rings (SSSR count). The average molecular weight is 262 g/mol. The topological polar surface area (TPSA) is 52.5 Å². The Morgan fingerprint density at radius 2 is 1.84 bits per heavy atom. The van der Waals surface area contributed by atoms with Crippen molar-refractivity contribution in [3.8, 4) is 0 Å². The number of aryl methyl sites for hydroxylation is 1. The van der Waals surface area contributed by atoms with Crippen molar-refractivity contribution >= 4 is 11.6 Å². The van der Waals surface area contributed by atoms with Crippen LogP contribution < -0.4 is 9.80 Å². The van der Waals surface area contributed by atoms with Crippen LogP contribution in [0.3, 0.4) is 0 Å². The van der Waals surface area contributed by atoms with Crippen molar-refractivity contribution in [1.29, 1.82) is 0 Å². The van der Waals surface area contributed by atoms with Crippen molar-refractivity contribution in [2.45, 2.75) is 26.2 Å². The van der Waals surface area contributed by atoms with E-state index in [0.29, 0.717) is 5.92 Å². The van der Waals surface area contributed by atoms with Crippen molar-refractivity contribution in [2.24, 2.45) is 5.92 Å². The fourth-order valence-corrected chi connectivity index (χ4v) is 3.00. The van der Waals surface area contributed by atoms with Crippen LogP contribution in [0.2, 0.25) is 0 Å². The first kappa shape index (κ1) is 12.7. The van der Waals surface area contributed by atoms with Gasteiger partial charge < -0.3 is 14.9 Å². The summed E-state index contributed by atoms with van der Waals surface area (Å²) < 4.78 is 0. The van der Waals surface area contributed by atoms with Gasteiger partial charge in [0.1, 0.15) is 17.5 Å². The van der Waals surface area contributed by atoms with Gasteiger partial charge in [0.25, 0.3) is 0 Å². The highest BCUT2D eigenvalue weighted by Crippen LogP contribution is 2.26. The van der Waals surface area contributed by atoms with E-state index in [-0.39, 0.29) is 6.61 Å². The van der Waals surface area contributed by atoms with Gasteiger partial charge in [0.05, 0.1) is 0 Å². The van der Waals surface area contributed by atoms with E-state index >= 15 is 0 Å². The van der Waals surface area contributed by atoms with Gasteiger partial charge in [-0.3, -0.25) is 0 Å². The molecule has 0 aromatic carbocycles. The molecule has 3 heterocycles. The first-order chi connectivity index (χ1) is 9.26. The van der Waals surface area contributed by atoms with Crippen LogP contribution in [0.25, 0.3) is 0 Å². The second-order valence-electron chi connectivity index (χ2n) is 5.61. The number of anilines is 2. The number of aliphatic hydroxyl groups is 1. The molecule has 1 unspecified atom stereocenters. The van der Waals surface area contributed by atoms with E-state index in [1.54, 1.807) is 0 Å². The van der Waals surface area contributed by atoms with Gasteiger partial charge in [0.2, 0.25) is 0 Å². The Morgan fingerprint density at radius 1 is 1.16 bits per heavy atom. The maximum atomic E-state index is 9.24. The van der Waals surface area contributed by atoms with Gasteiger partial charge in [-0.15, -0.1) is 0 Å². The Kier molecular flexibility index (Phi) is 3.55. The summed E-state index contributed by atoms with van der Waals surface area (Å²) in [5.74, 6) is 3.31. The lowest BCUT2D eigenvalue weighted by Crippen LogP contribution is -2.24. The molecule has 2 aliphatic rings. The Morgan fingerprint density at radius 3 is 2.47 bits per heavy atom. The Labute approximate surface area is 114 Å². The molecule has 1 aromatic heterocycles. The zero-order valence-corrected chi connectivity index (χ0v) is 11.5. The molecule has 2 saturated heterocycles. The summed E-state index contributed by atoms with van der Waals surface area (Å²) in [6.45, 7) is 6.35. The predicted octanol–water partition coefficient (Wildman–Crippen LogP) is 1.20. The third-order valence-electron chi connectivity index (χ3n) is 4.11. The number of aliphatic hydroxyl groups excluding tert-OH is 1. The van der Waals surface area contributed by atoms with E-state index in [2.05, 4.69) is 25.8 Å². The van der Waals surface area contributed by atoms with Crippen LogP contribution in [-0.4, -0.2) is 47.9 Å². The van der Waals surface area contributed by atoms with Crippen molar-refractivity contribution in [2.75, 3.05) is 42.6 Å². The van der Waals surface area contributed by atoms with Gasteiger partial charge in [-0.1, -0.05) is 0 Å².